The van der Waals surface area contributed by atoms with Crippen LogP contribution in [0.3, 0.4) is 0 Å². The first kappa shape index (κ1) is 11.1. The van der Waals surface area contributed by atoms with Gasteiger partial charge in [-0.2, -0.15) is 0 Å². The minimum atomic E-state index is -0.615. The third kappa shape index (κ3) is 3.32. The molecule has 0 saturated carbocycles. The van der Waals surface area contributed by atoms with E-state index in [9.17, 15) is 14.9 Å². The maximum atomic E-state index is 10.8. The molecule has 0 bridgehead atoms. The van der Waals surface area contributed by atoms with Crippen LogP contribution in [0.1, 0.15) is 6.42 Å². The van der Waals surface area contributed by atoms with Gasteiger partial charge in [0.1, 0.15) is 6.20 Å². The van der Waals surface area contributed by atoms with Crippen LogP contribution in [0.4, 0.5) is 5.82 Å². The van der Waals surface area contributed by atoms with Crippen LogP contribution in [0.15, 0.2) is 12.5 Å². The molecule has 0 radical (unpaired) electrons. The van der Waals surface area contributed by atoms with Gasteiger partial charge in [0.2, 0.25) is 6.33 Å². The zero-order chi connectivity index (χ0) is 11.3. The summed E-state index contributed by atoms with van der Waals surface area (Å²) in [7, 11) is 0. The minimum absolute atomic E-state index is 0.0394. The molecule has 0 aromatic carbocycles. The molecule has 0 fully saturated rings. The van der Waals surface area contributed by atoms with E-state index in [1.807, 2.05) is 0 Å². The second-order valence-corrected chi connectivity index (χ2v) is 2.57. The maximum absolute atomic E-state index is 10.8. The van der Waals surface area contributed by atoms with Crippen molar-refractivity contribution in [2.24, 2.45) is 5.84 Å². The molecule has 1 aromatic heterocycles. The van der Waals surface area contributed by atoms with Crippen molar-refractivity contribution in [1.29, 1.82) is 0 Å². The minimum Gasteiger partial charge on any atom is -0.358 e. The number of nitrogens with two attached hydrogens (primary N) is 1. The molecule has 3 N–H and O–H groups in total. The van der Waals surface area contributed by atoms with E-state index in [2.05, 4.69) is 9.82 Å². The molecular weight excluding hydrogens is 206 g/mol. The van der Waals surface area contributed by atoms with Crippen molar-refractivity contribution in [1.82, 2.24) is 15.1 Å². The quantitative estimate of drug-likeness (QED) is 0.370. The number of nitrogens with zero attached hydrogens (tertiary/aromatic N) is 3. The Hall–Kier alpha value is -2.00. The highest BCUT2D eigenvalue weighted by atomic mass is 16.7. The summed E-state index contributed by atoms with van der Waals surface area (Å²) < 4.78 is 1.41. The third-order valence-corrected chi connectivity index (χ3v) is 1.55. The predicted octanol–water partition coefficient (Wildman–Crippen LogP) is -0.897. The Kier molecular flexibility index (Phi) is 3.71. The first-order valence-corrected chi connectivity index (χ1v) is 3.95. The number of hydrazine groups is 1. The zero-order valence-electron chi connectivity index (χ0n) is 7.62. The maximum Gasteiger partial charge on any atom is 0.381 e. The third-order valence-electron chi connectivity index (χ3n) is 1.55. The normalized spacial score (nSPS) is 9.93. The Morgan fingerprint density at radius 3 is 3.07 bits per heavy atom. The summed E-state index contributed by atoms with van der Waals surface area (Å²) in [5.41, 5.74) is 1.74. The Labute approximate surface area is 83.9 Å². The lowest BCUT2D eigenvalue weighted by molar-refractivity contribution is -0.389. The SMILES string of the molecule is NNOC(=O)CCn1cnc([N+](=O)[O-])c1. The first-order valence-electron chi connectivity index (χ1n) is 3.95. The Morgan fingerprint density at radius 1 is 1.80 bits per heavy atom. The molecule has 15 heavy (non-hydrogen) atoms. The fourth-order valence-electron chi connectivity index (χ4n) is 0.902. The van der Waals surface area contributed by atoms with Crippen LogP contribution >= 0.6 is 0 Å². The van der Waals surface area contributed by atoms with Crippen LogP contribution in [-0.2, 0) is 16.2 Å². The van der Waals surface area contributed by atoms with E-state index in [1.165, 1.54) is 17.1 Å². The fourth-order valence-corrected chi connectivity index (χ4v) is 0.902. The van der Waals surface area contributed by atoms with E-state index >= 15 is 0 Å². The van der Waals surface area contributed by atoms with E-state index in [-0.39, 0.29) is 18.8 Å². The van der Waals surface area contributed by atoms with Crippen LogP contribution in [0.2, 0.25) is 0 Å². The van der Waals surface area contributed by atoms with E-state index in [1.54, 1.807) is 5.59 Å². The molecule has 0 aliphatic rings. The smallest absolute Gasteiger partial charge is 0.358 e. The van der Waals surface area contributed by atoms with Gasteiger partial charge in [0.15, 0.2) is 0 Å². The van der Waals surface area contributed by atoms with E-state index in [0.717, 1.165) is 0 Å². The van der Waals surface area contributed by atoms with Crippen molar-refractivity contribution in [3.63, 3.8) is 0 Å². The number of aryl methyl sites for hydroxylation is 1. The summed E-state index contributed by atoms with van der Waals surface area (Å²) in [4.78, 5) is 28.2. The second-order valence-electron chi connectivity index (χ2n) is 2.57. The van der Waals surface area contributed by atoms with Crippen molar-refractivity contribution >= 4 is 11.8 Å². The van der Waals surface area contributed by atoms with Crippen molar-refractivity contribution in [3.05, 3.63) is 22.6 Å². The highest BCUT2D eigenvalue weighted by Crippen LogP contribution is 2.06. The first-order chi connectivity index (χ1) is 7.13. The lowest BCUT2D eigenvalue weighted by atomic mass is 10.4. The molecule has 1 aromatic rings. The zero-order valence-corrected chi connectivity index (χ0v) is 7.62. The monoisotopic (exact) mass is 215 g/mol. The summed E-state index contributed by atoms with van der Waals surface area (Å²) in [6, 6.07) is 0. The number of nitrogens with one attached hydrogen (secondary N) is 1. The highest BCUT2D eigenvalue weighted by molar-refractivity contribution is 5.68. The van der Waals surface area contributed by atoms with Crippen LogP contribution in [0.5, 0.6) is 0 Å². The molecule has 9 heteroatoms. The van der Waals surface area contributed by atoms with Gasteiger partial charge in [-0.05, 0) is 9.91 Å². The Morgan fingerprint density at radius 2 is 2.53 bits per heavy atom. The van der Waals surface area contributed by atoms with Crippen LogP contribution in [-0.4, -0.2) is 20.4 Å². The van der Waals surface area contributed by atoms with Crippen molar-refractivity contribution in [2.45, 2.75) is 13.0 Å². The molecule has 1 rings (SSSR count). The lowest BCUT2D eigenvalue weighted by Crippen LogP contribution is -2.26. The summed E-state index contributed by atoms with van der Waals surface area (Å²) in [5.74, 6) is 3.92. The molecule has 0 aliphatic heterocycles. The number of rotatable bonds is 5. The molecule has 9 nitrogen and oxygen atoms in total. The number of carbonyl (C=O) groups is 1. The average molecular weight is 215 g/mol. The number of carbonyl (C=O) groups excluding carboxylic acids is 1. The summed E-state index contributed by atoms with van der Waals surface area (Å²) in [6.07, 6.45) is 2.53. The van der Waals surface area contributed by atoms with Gasteiger partial charge < -0.3 is 19.5 Å². The second kappa shape index (κ2) is 5.02. The van der Waals surface area contributed by atoms with E-state index < -0.39 is 10.9 Å². The summed E-state index contributed by atoms with van der Waals surface area (Å²) in [5, 5.41) is 10.3. The molecule has 0 amide bonds. The molecule has 1 heterocycles. The molecular formula is C6H9N5O4. The Balaban J connectivity index is 2.44. The molecule has 0 aliphatic carbocycles. The van der Waals surface area contributed by atoms with Crippen molar-refractivity contribution in [3.8, 4) is 0 Å². The van der Waals surface area contributed by atoms with Gasteiger partial charge in [-0.3, -0.25) is 4.79 Å². The summed E-state index contributed by atoms with van der Waals surface area (Å²) >= 11 is 0. The van der Waals surface area contributed by atoms with E-state index in [4.69, 9.17) is 5.84 Å². The lowest BCUT2D eigenvalue weighted by Gasteiger charge is -2.00. The molecule has 0 saturated heterocycles. The molecule has 0 unspecified atom stereocenters. The number of imidazole rings is 1. The topological polar surface area (TPSA) is 125 Å². The summed E-state index contributed by atoms with van der Waals surface area (Å²) in [6.45, 7) is 0.237. The van der Waals surface area contributed by atoms with Crippen LogP contribution in [0, 0.1) is 10.1 Å². The van der Waals surface area contributed by atoms with Gasteiger partial charge in [0, 0.05) is 6.54 Å². The molecule has 0 atom stereocenters. The van der Waals surface area contributed by atoms with Gasteiger partial charge in [0.25, 0.3) is 0 Å². The van der Waals surface area contributed by atoms with Gasteiger partial charge in [-0.25, -0.2) is 5.84 Å². The van der Waals surface area contributed by atoms with Crippen molar-refractivity contribution in [2.75, 3.05) is 0 Å². The predicted molar refractivity (Wildman–Crippen MR) is 46.9 cm³/mol. The van der Waals surface area contributed by atoms with Crippen LogP contribution in [0.25, 0.3) is 0 Å². The average Bonchev–Trinajstić information content (AvgIpc) is 2.63. The standard InChI is InChI=1S/C6H9N5O4/c7-9-15-6(12)1-2-10-3-5(8-4-10)11(13)14/h3-4,9H,1-2,7H2. The Bertz CT molecular complexity index is 362. The number of hydrogen-bond donors (Lipinski definition) is 2. The van der Waals surface area contributed by atoms with E-state index in [0.29, 0.717) is 0 Å². The number of aromatic nitrogens is 2. The highest BCUT2D eigenvalue weighted by Gasteiger charge is 2.10. The van der Waals surface area contributed by atoms with Gasteiger partial charge in [-0.1, -0.05) is 5.59 Å². The molecule has 0 spiro atoms. The van der Waals surface area contributed by atoms with Gasteiger partial charge in [0.05, 0.1) is 6.42 Å². The van der Waals surface area contributed by atoms with Gasteiger partial charge >= 0.3 is 11.8 Å². The molecule has 82 valence electrons. The van der Waals surface area contributed by atoms with Crippen molar-refractivity contribution < 1.29 is 14.6 Å². The number of nitro groups is 1. The largest absolute Gasteiger partial charge is 0.381 e. The van der Waals surface area contributed by atoms with Gasteiger partial charge in [-0.15, -0.1) is 0 Å². The van der Waals surface area contributed by atoms with Crippen LogP contribution < -0.4 is 11.4 Å². The fraction of sp³-hybridized carbons (Fsp3) is 0.333. The number of hydrogen-bond acceptors (Lipinski definition) is 7.